The molecule has 20 heavy (non-hydrogen) atoms. The predicted octanol–water partition coefficient (Wildman–Crippen LogP) is 3.41. The lowest BCUT2D eigenvalue weighted by atomic mass is 10.2. The van der Waals surface area contributed by atoms with Gasteiger partial charge in [0.1, 0.15) is 0 Å². The van der Waals surface area contributed by atoms with E-state index < -0.39 is 4.92 Å². The first-order valence-electron chi connectivity index (χ1n) is 6.46. The number of nitrogens with zero attached hydrogens (tertiary/aromatic N) is 2. The molecule has 0 unspecified atom stereocenters. The summed E-state index contributed by atoms with van der Waals surface area (Å²) in [5, 5.41) is 15.1. The van der Waals surface area contributed by atoms with E-state index in [9.17, 15) is 10.1 Å². The van der Waals surface area contributed by atoms with Crippen LogP contribution in [0.25, 0.3) is 0 Å². The van der Waals surface area contributed by atoms with Crippen molar-refractivity contribution in [1.29, 1.82) is 0 Å². The van der Waals surface area contributed by atoms with Gasteiger partial charge < -0.3 is 10.6 Å². The highest BCUT2D eigenvalue weighted by atomic mass is 32.1. The molecule has 1 fully saturated rings. The summed E-state index contributed by atoms with van der Waals surface area (Å²) < 4.78 is 0. The summed E-state index contributed by atoms with van der Waals surface area (Å²) in [4.78, 5) is 12.8. The average Bonchev–Trinajstić information content (AvgIpc) is 3.12. The smallest absolute Gasteiger partial charge is 0.273 e. The van der Waals surface area contributed by atoms with Gasteiger partial charge in [0, 0.05) is 36.1 Å². The molecule has 0 saturated heterocycles. The zero-order valence-corrected chi connectivity index (χ0v) is 11.7. The van der Waals surface area contributed by atoms with Gasteiger partial charge in [0.05, 0.1) is 4.92 Å². The van der Waals surface area contributed by atoms with E-state index in [2.05, 4.69) is 16.3 Å². The third kappa shape index (κ3) is 2.75. The lowest BCUT2D eigenvalue weighted by Gasteiger charge is -2.24. The highest BCUT2D eigenvalue weighted by molar-refractivity contribution is 7.07. The largest absolute Gasteiger partial charge is 0.398 e. The number of nitrogens with two attached hydrogens (primary N) is 1. The van der Waals surface area contributed by atoms with Crippen LogP contribution in [-0.4, -0.2) is 11.0 Å². The van der Waals surface area contributed by atoms with Crippen molar-refractivity contribution in [3.63, 3.8) is 0 Å². The molecule has 1 saturated carbocycles. The molecule has 5 nitrogen and oxygen atoms in total. The van der Waals surface area contributed by atoms with Crippen LogP contribution < -0.4 is 10.6 Å². The minimum absolute atomic E-state index is 0.0518. The molecule has 1 aromatic heterocycles. The van der Waals surface area contributed by atoms with E-state index in [1.54, 1.807) is 17.4 Å². The Morgan fingerprint density at radius 3 is 2.80 bits per heavy atom. The summed E-state index contributed by atoms with van der Waals surface area (Å²) in [6.07, 6.45) is 2.26. The minimum atomic E-state index is -0.393. The predicted molar refractivity (Wildman–Crippen MR) is 81.0 cm³/mol. The summed E-state index contributed by atoms with van der Waals surface area (Å²) in [5.74, 6) is 0. The van der Waals surface area contributed by atoms with Crippen molar-refractivity contribution in [3.05, 3.63) is 50.7 Å². The molecule has 0 amide bonds. The first kappa shape index (κ1) is 12.9. The molecule has 3 rings (SSSR count). The Morgan fingerprint density at radius 1 is 1.40 bits per heavy atom. The molecule has 0 radical (unpaired) electrons. The van der Waals surface area contributed by atoms with Gasteiger partial charge in [0.25, 0.3) is 5.69 Å². The second-order valence-electron chi connectivity index (χ2n) is 5.03. The van der Waals surface area contributed by atoms with E-state index >= 15 is 0 Å². The molecule has 0 spiro atoms. The first-order chi connectivity index (χ1) is 9.63. The maximum Gasteiger partial charge on any atom is 0.273 e. The zero-order valence-electron chi connectivity index (χ0n) is 10.9. The number of non-ortho nitro benzene ring substituents is 1. The Hall–Kier alpha value is -2.08. The summed E-state index contributed by atoms with van der Waals surface area (Å²) in [6, 6.07) is 7.38. The second-order valence-corrected chi connectivity index (χ2v) is 5.81. The first-order valence-corrected chi connectivity index (χ1v) is 7.40. The number of anilines is 2. The SMILES string of the molecule is Nc1cc(N(Cc2ccsc2)C2CC2)cc([N+](=O)[O-])c1. The third-order valence-electron chi connectivity index (χ3n) is 3.39. The number of nitrogen functional groups attached to an aromatic ring is 1. The van der Waals surface area contributed by atoms with Gasteiger partial charge in [-0.05, 0) is 41.3 Å². The van der Waals surface area contributed by atoms with Crippen molar-refractivity contribution < 1.29 is 4.92 Å². The Kier molecular flexibility index (Phi) is 3.31. The van der Waals surface area contributed by atoms with Crippen molar-refractivity contribution in [1.82, 2.24) is 0 Å². The molecule has 1 aliphatic rings. The normalized spacial score (nSPS) is 14.2. The Bertz CT molecular complexity index is 623. The van der Waals surface area contributed by atoms with E-state index in [-0.39, 0.29) is 5.69 Å². The van der Waals surface area contributed by atoms with E-state index in [4.69, 9.17) is 5.73 Å². The van der Waals surface area contributed by atoms with Gasteiger partial charge in [-0.25, -0.2) is 0 Å². The fraction of sp³-hybridized carbons (Fsp3) is 0.286. The quantitative estimate of drug-likeness (QED) is 0.520. The standard InChI is InChI=1S/C14H15N3O2S/c15-11-5-13(7-14(6-11)17(18)19)16(12-1-2-12)8-10-3-4-20-9-10/h3-7,9,12H,1-2,8,15H2. The minimum Gasteiger partial charge on any atom is -0.398 e. The number of benzene rings is 1. The third-order valence-corrected chi connectivity index (χ3v) is 4.12. The summed E-state index contributed by atoms with van der Waals surface area (Å²) in [5.41, 5.74) is 8.35. The fourth-order valence-corrected chi connectivity index (χ4v) is 2.95. The van der Waals surface area contributed by atoms with Crippen LogP contribution in [0.2, 0.25) is 0 Å². The molecule has 1 heterocycles. The van der Waals surface area contributed by atoms with Crippen LogP contribution in [0.1, 0.15) is 18.4 Å². The van der Waals surface area contributed by atoms with Gasteiger partial charge in [-0.1, -0.05) is 0 Å². The van der Waals surface area contributed by atoms with E-state index in [1.165, 1.54) is 11.6 Å². The van der Waals surface area contributed by atoms with Crippen molar-refractivity contribution in [2.24, 2.45) is 0 Å². The van der Waals surface area contributed by atoms with Crippen molar-refractivity contribution in [2.75, 3.05) is 10.6 Å². The second kappa shape index (κ2) is 5.13. The molecular formula is C14H15N3O2S. The molecule has 1 aliphatic carbocycles. The molecule has 0 atom stereocenters. The van der Waals surface area contributed by atoms with Crippen LogP contribution in [0.15, 0.2) is 35.0 Å². The lowest BCUT2D eigenvalue weighted by molar-refractivity contribution is -0.384. The van der Waals surface area contributed by atoms with Gasteiger partial charge in [0.15, 0.2) is 0 Å². The van der Waals surface area contributed by atoms with Gasteiger partial charge in [0.2, 0.25) is 0 Å². The highest BCUT2D eigenvalue weighted by Gasteiger charge is 2.30. The number of rotatable bonds is 5. The molecule has 0 bridgehead atoms. The molecule has 6 heteroatoms. The van der Waals surface area contributed by atoms with Crippen LogP contribution in [0.4, 0.5) is 17.1 Å². The van der Waals surface area contributed by atoms with Crippen LogP contribution in [-0.2, 0) is 6.54 Å². The average molecular weight is 289 g/mol. The zero-order chi connectivity index (χ0) is 14.1. The molecule has 1 aromatic carbocycles. The number of thiophene rings is 1. The summed E-state index contributed by atoms with van der Waals surface area (Å²) >= 11 is 1.66. The Morgan fingerprint density at radius 2 is 2.20 bits per heavy atom. The van der Waals surface area contributed by atoms with E-state index in [0.29, 0.717) is 11.7 Å². The number of nitro groups is 1. The van der Waals surface area contributed by atoms with E-state index in [0.717, 1.165) is 25.1 Å². The lowest BCUT2D eigenvalue weighted by Crippen LogP contribution is -2.24. The number of hydrogen-bond donors (Lipinski definition) is 1. The summed E-state index contributed by atoms with van der Waals surface area (Å²) in [6.45, 7) is 0.773. The van der Waals surface area contributed by atoms with Gasteiger partial charge >= 0.3 is 0 Å². The maximum atomic E-state index is 11.0. The number of hydrogen-bond acceptors (Lipinski definition) is 5. The monoisotopic (exact) mass is 289 g/mol. The van der Waals surface area contributed by atoms with Crippen molar-refractivity contribution in [3.8, 4) is 0 Å². The summed E-state index contributed by atoms with van der Waals surface area (Å²) in [7, 11) is 0. The fourth-order valence-electron chi connectivity index (χ4n) is 2.29. The van der Waals surface area contributed by atoms with Crippen LogP contribution in [0.5, 0.6) is 0 Å². The van der Waals surface area contributed by atoms with Crippen molar-refractivity contribution >= 4 is 28.4 Å². The molecule has 0 aliphatic heterocycles. The van der Waals surface area contributed by atoms with Gasteiger partial charge in [-0.15, -0.1) is 0 Å². The number of nitro benzene ring substituents is 1. The van der Waals surface area contributed by atoms with Gasteiger partial charge in [-0.3, -0.25) is 10.1 Å². The maximum absolute atomic E-state index is 11.0. The van der Waals surface area contributed by atoms with E-state index in [1.807, 2.05) is 11.4 Å². The van der Waals surface area contributed by atoms with Crippen LogP contribution in [0, 0.1) is 10.1 Å². The molecule has 2 aromatic rings. The van der Waals surface area contributed by atoms with Crippen LogP contribution in [0.3, 0.4) is 0 Å². The topological polar surface area (TPSA) is 72.4 Å². The van der Waals surface area contributed by atoms with Gasteiger partial charge in [-0.2, -0.15) is 11.3 Å². The molecule has 104 valence electrons. The molecular weight excluding hydrogens is 274 g/mol. The van der Waals surface area contributed by atoms with Crippen molar-refractivity contribution in [2.45, 2.75) is 25.4 Å². The highest BCUT2D eigenvalue weighted by Crippen LogP contribution is 2.36. The molecule has 2 N–H and O–H groups in total. The Labute approximate surface area is 120 Å². The van der Waals surface area contributed by atoms with Crippen LogP contribution >= 0.6 is 11.3 Å². The Balaban J connectivity index is 1.93.